The Bertz CT molecular complexity index is 623. The van der Waals surface area contributed by atoms with Crippen LogP contribution in [-0.4, -0.2) is 28.0 Å². The predicted molar refractivity (Wildman–Crippen MR) is 92.7 cm³/mol. The summed E-state index contributed by atoms with van der Waals surface area (Å²) >= 11 is 0. The van der Waals surface area contributed by atoms with E-state index in [1.54, 1.807) is 0 Å². The van der Waals surface area contributed by atoms with Gasteiger partial charge >= 0.3 is 0 Å². The van der Waals surface area contributed by atoms with Crippen molar-refractivity contribution in [1.82, 2.24) is 20.2 Å². The van der Waals surface area contributed by atoms with Crippen LogP contribution in [0.2, 0.25) is 0 Å². The number of halogens is 2. The second-order valence-corrected chi connectivity index (χ2v) is 5.30. The zero-order chi connectivity index (χ0) is 13.9. The normalized spacial score (nSPS) is 17.4. The zero-order valence-corrected chi connectivity index (χ0v) is 14.2. The van der Waals surface area contributed by atoms with Gasteiger partial charge in [0.25, 0.3) is 0 Å². The summed E-state index contributed by atoms with van der Waals surface area (Å²) in [5.74, 6) is 0.965. The van der Waals surface area contributed by atoms with Crippen LogP contribution in [-0.2, 0) is 18.4 Å². The fourth-order valence-electron chi connectivity index (χ4n) is 2.72. The fourth-order valence-corrected chi connectivity index (χ4v) is 2.72. The standard InChI is InChI=1S/C15H20N4O.2ClH/c1-19-13-8-3-2-6-11(13)18-14(19)10-17-15(20)12-7-4-5-9-16-12;;/h2-3,6,8,12,16H,4-5,7,9-10H2,1H3,(H,17,20);2*1H/t12-;;/m1../s1. The van der Waals surface area contributed by atoms with Gasteiger partial charge in [-0.25, -0.2) is 4.98 Å². The number of rotatable bonds is 3. The lowest BCUT2D eigenvalue weighted by Gasteiger charge is -2.22. The maximum Gasteiger partial charge on any atom is 0.237 e. The van der Waals surface area contributed by atoms with E-state index in [0.29, 0.717) is 6.54 Å². The van der Waals surface area contributed by atoms with Gasteiger partial charge in [-0.15, -0.1) is 24.8 Å². The number of carbonyl (C=O) groups is 1. The molecule has 1 aliphatic heterocycles. The molecule has 5 nitrogen and oxygen atoms in total. The minimum atomic E-state index is -0.0431. The van der Waals surface area contributed by atoms with E-state index in [0.717, 1.165) is 42.7 Å². The van der Waals surface area contributed by atoms with E-state index in [2.05, 4.69) is 15.6 Å². The average Bonchev–Trinajstić information content (AvgIpc) is 2.83. The molecule has 1 saturated heterocycles. The van der Waals surface area contributed by atoms with E-state index in [-0.39, 0.29) is 36.8 Å². The Kier molecular flexibility index (Phi) is 7.13. The molecule has 1 atom stereocenters. The molecular weight excluding hydrogens is 323 g/mol. The van der Waals surface area contributed by atoms with Crippen LogP contribution in [0.5, 0.6) is 0 Å². The van der Waals surface area contributed by atoms with E-state index in [1.807, 2.05) is 35.9 Å². The number of amides is 1. The van der Waals surface area contributed by atoms with Crippen LogP contribution in [0.25, 0.3) is 11.0 Å². The second kappa shape index (κ2) is 8.36. The molecule has 0 aliphatic carbocycles. The summed E-state index contributed by atoms with van der Waals surface area (Å²) in [5, 5.41) is 6.24. The maximum absolute atomic E-state index is 12.1. The summed E-state index contributed by atoms with van der Waals surface area (Å²) in [6, 6.07) is 7.96. The summed E-state index contributed by atoms with van der Waals surface area (Å²) in [6.45, 7) is 1.41. The minimum absolute atomic E-state index is 0. The Labute approximate surface area is 142 Å². The van der Waals surface area contributed by atoms with E-state index in [1.165, 1.54) is 0 Å². The molecule has 1 fully saturated rings. The Morgan fingerprint density at radius 3 is 2.82 bits per heavy atom. The maximum atomic E-state index is 12.1. The van der Waals surface area contributed by atoms with Gasteiger partial charge in [0.05, 0.1) is 23.6 Å². The summed E-state index contributed by atoms with van der Waals surface area (Å²) in [4.78, 5) is 16.6. The Balaban J connectivity index is 0.00000121. The molecule has 7 heteroatoms. The van der Waals surface area contributed by atoms with Gasteiger partial charge in [0, 0.05) is 7.05 Å². The fraction of sp³-hybridized carbons (Fsp3) is 0.467. The smallest absolute Gasteiger partial charge is 0.237 e. The third kappa shape index (κ3) is 3.91. The van der Waals surface area contributed by atoms with Gasteiger partial charge in [0.2, 0.25) is 5.91 Å². The molecule has 1 aromatic heterocycles. The first kappa shape index (κ1) is 18.7. The molecule has 0 radical (unpaired) electrons. The van der Waals surface area contributed by atoms with Crippen LogP contribution < -0.4 is 10.6 Å². The molecule has 1 amide bonds. The molecule has 0 unspecified atom stereocenters. The summed E-state index contributed by atoms with van der Waals surface area (Å²) in [5.41, 5.74) is 2.06. The lowest BCUT2D eigenvalue weighted by molar-refractivity contribution is -0.123. The van der Waals surface area contributed by atoms with Crippen LogP contribution >= 0.6 is 24.8 Å². The monoisotopic (exact) mass is 344 g/mol. The van der Waals surface area contributed by atoms with Crippen LogP contribution in [0.4, 0.5) is 0 Å². The number of nitrogens with one attached hydrogen (secondary N) is 2. The highest BCUT2D eigenvalue weighted by Gasteiger charge is 2.20. The first-order valence-electron chi connectivity index (χ1n) is 7.17. The number of benzene rings is 1. The highest BCUT2D eigenvalue weighted by Crippen LogP contribution is 2.14. The van der Waals surface area contributed by atoms with Gasteiger partial charge in [-0.3, -0.25) is 4.79 Å². The van der Waals surface area contributed by atoms with Gasteiger partial charge in [0.1, 0.15) is 5.82 Å². The van der Waals surface area contributed by atoms with Crippen LogP contribution in [0.15, 0.2) is 24.3 Å². The molecule has 22 heavy (non-hydrogen) atoms. The average molecular weight is 345 g/mol. The van der Waals surface area contributed by atoms with E-state index < -0.39 is 0 Å². The number of fused-ring (bicyclic) bond motifs is 1. The summed E-state index contributed by atoms with van der Waals surface area (Å²) in [7, 11) is 1.98. The predicted octanol–water partition coefficient (Wildman–Crippen LogP) is 2.18. The number of nitrogens with zero attached hydrogens (tertiary/aromatic N) is 2. The topological polar surface area (TPSA) is 59.0 Å². The molecule has 2 N–H and O–H groups in total. The van der Waals surface area contributed by atoms with Crippen molar-refractivity contribution in [3.8, 4) is 0 Å². The van der Waals surface area contributed by atoms with Crippen molar-refractivity contribution < 1.29 is 4.79 Å². The first-order valence-corrected chi connectivity index (χ1v) is 7.17. The molecule has 0 saturated carbocycles. The van der Waals surface area contributed by atoms with Crippen LogP contribution in [0.3, 0.4) is 0 Å². The van der Waals surface area contributed by atoms with Crippen molar-refractivity contribution in [2.75, 3.05) is 6.54 Å². The number of imidazole rings is 1. The molecule has 3 rings (SSSR count). The SMILES string of the molecule is Cl.Cl.Cn1c(CNC(=O)[C@H]2CCCCN2)nc2ccccc21. The van der Waals surface area contributed by atoms with Crippen LogP contribution in [0.1, 0.15) is 25.1 Å². The molecule has 122 valence electrons. The highest BCUT2D eigenvalue weighted by atomic mass is 35.5. The van der Waals surface area contributed by atoms with Gasteiger partial charge in [-0.05, 0) is 31.5 Å². The third-order valence-corrected chi connectivity index (χ3v) is 3.93. The number of aryl methyl sites for hydroxylation is 1. The minimum Gasteiger partial charge on any atom is -0.348 e. The number of hydrogen-bond acceptors (Lipinski definition) is 3. The van der Waals surface area contributed by atoms with E-state index >= 15 is 0 Å². The van der Waals surface area contributed by atoms with Crippen molar-refractivity contribution in [2.45, 2.75) is 31.8 Å². The van der Waals surface area contributed by atoms with Crippen molar-refractivity contribution in [2.24, 2.45) is 7.05 Å². The highest BCUT2D eigenvalue weighted by molar-refractivity contribution is 5.85. The van der Waals surface area contributed by atoms with Gasteiger partial charge in [-0.2, -0.15) is 0 Å². The van der Waals surface area contributed by atoms with Crippen molar-refractivity contribution >= 4 is 41.8 Å². The van der Waals surface area contributed by atoms with Crippen molar-refractivity contribution in [3.63, 3.8) is 0 Å². The molecule has 1 aromatic carbocycles. The summed E-state index contributed by atoms with van der Waals surface area (Å²) in [6.07, 6.45) is 3.21. The van der Waals surface area contributed by atoms with E-state index in [4.69, 9.17) is 0 Å². The molecule has 2 aromatic rings. The van der Waals surface area contributed by atoms with Gasteiger partial charge in [0.15, 0.2) is 0 Å². The quantitative estimate of drug-likeness (QED) is 0.897. The molecular formula is C15H22Cl2N4O. The zero-order valence-electron chi connectivity index (χ0n) is 12.5. The van der Waals surface area contributed by atoms with Crippen molar-refractivity contribution in [3.05, 3.63) is 30.1 Å². The lowest BCUT2D eigenvalue weighted by Crippen LogP contribution is -2.46. The Morgan fingerprint density at radius 1 is 1.36 bits per heavy atom. The molecule has 0 spiro atoms. The van der Waals surface area contributed by atoms with Gasteiger partial charge < -0.3 is 15.2 Å². The number of aromatic nitrogens is 2. The first-order chi connectivity index (χ1) is 9.75. The molecule has 1 aliphatic rings. The molecule has 0 bridgehead atoms. The molecule has 2 heterocycles. The van der Waals surface area contributed by atoms with E-state index in [9.17, 15) is 4.79 Å². The van der Waals surface area contributed by atoms with Crippen molar-refractivity contribution in [1.29, 1.82) is 0 Å². The summed E-state index contributed by atoms with van der Waals surface area (Å²) < 4.78 is 2.03. The Morgan fingerprint density at radius 2 is 2.14 bits per heavy atom. The largest absolute Gasteiger partial charge is 0.348 e. The lowest BCUT2D eigenvalue weighted by atomic mass is 10.0. The van der Waals surface area contributed by atoms with Crippen LogP contribution in [0, 0.1) is 0 Å². The second-order valence-electron chi connectivity index (χ2n) is 5.30. The number of carbonyl (C=O) groups excluding carboxylic acids is 1. The number of piperidine rings is 1. The third-order valence-electron chi connectivity index (χ3n) is 3.93. The Hall–Kier alpha value is -1.30. The van der Waals surface area contributed by atoms with Gasteiger partial charge in [-0.1, -0.05) is 18.6 Å². The number of para-hydroxylation sites is 2. The number of hydrogen-bond donors (Lipinski definition) is 2.